The Bertz CT molecular complexity index is 790. The number of nitrogens with zero attached hydrogens (tertiary/aromatic N) is 1. The van der Waals surface area contributed by atoms with Crippen LogP contribution < -0.4 is 10.6 Å². The zero-order valence-electron chi connectivity index (χ0n) is 15.4. The summed E-state index contributed by atoms with van der Waals surface area (Å²) >= 11 is 3.43. The van der Waals surface area contributed by atoms with Crippen molar-refractivity contribution in [1.29, 1.82) is 0 Å². The number of urea groups is 1. The van der Waals surface area contributed by atoms with Crippen LogP contribution in [0.4, 0.5) is 10.5 Å². The van der Waals surface area contributed by atoms with Crippen LogP contribution in [0.15, 0.2) is 53.0 Å². The lowest BCUT2D eigenvalue weighted by Crippen LogP contribution is -2.32. The first-order chi connectivity index (χ1) is 13.0. The van der Waals surface area contributed by atoms with E-state index in [0.717, 1.165) is 40.7 Å². The number of rotatable bonds is 6. The van der Waals surface area contributed by atoms with Crippen molar-refractivity contribution in [3.8, 4) is 0 Å². The maximum atomic E-state index is 12.3. The molecule has 2 aromatic rings. The molecule has 2 aromatic carbocycles. The number of carbonyl (C=O) groups is 2. The maximum Gasteiger partial charge on any atom is 0.319 e. The first-order valence-electron chi connectivity index (χ1n) is 9.25. The van der Waals surface area contributed by atoms with E-state index in [2.05, 4.69) is 26.6 Å². The van der Waals surface area contributed by atoms with Crippen LogP contribution >= 0.6 is 15.9 Å². The normalized spacial score (nSPS) is 14.9. The topological polar surface area (TPSA) is 61.4 Å². The Kier molecular flexibility index (Phi) is 6.50. The molecule has 1 unspecified atom stereocenters. The van der Waals surface area contributed by atoms with E-state index < -0.39 is 0 Å². The summed E-state index contributed by atoms with van der Waals surface area (Å²) in [6.07, 6.45) is 2.39. The van der Waals surface area contributed by atoms with Gasteiger partial charge in [0.1, 0.15) is 0 Å². The van der Waals surface area contributed by atoms with Gasteiger partial charge in [-0.3, -0.25) is 4.79 Å². The second-order valence-electron chi connectivity index (χ2n) is 6.73. The van der Waals surface area contributed by atoms with Gasteiger partial charge in [-0.1, -0.05) is 47.1 Å². The molecular weight excluding hydrogens is 406 g/mol. The van der Waals surface area contributed by atoms with E-state index in [4.69, 9.17) is 0 Å². The highest BCUT2D eigenvalue weighted by molar-refractivity contribution is 9.10. The molecule has 0 saturated carbocycles. The van der Waals surface area contributed by atoms with Gasteiger partial charge in [-0.25, -0.2) is 4.79 Å². The van der Waals surface area contributed by atoms with Crippen molar-refractivity contribution >= 4 is 33.6 Å². The Morgan fingerprint density at radius 3 is 2.44 bits per heavy atom. The summed E-state index contributed by atoms with van der Waals surface area (Å²) in [7, 11) is 0. The van der Waals surface area contributed by atoms with Crippen molar-refractivity contribution in [1.82, 2.24) is 10.2 Å². The lowest BCUT2D eigenvalue weighted by Gasteiger charge is -2.18. The van der Waals surface area contributed by atoms with Gasteiger partial charge in [0, 0.05) is 29.7 Å². The number of likely N-dealkylation sites (tertiary alicyclic amines) is 1. The van der Waals surface area contributed by atoms with Gasteiger partial charge in [-0.15, -0.1) is 0 Å². The van der Waals surface area contributed by atoms with E-state index in [1.165, 1.54) is 0 Å². The molecule has 1 atom stereocenters. The van der Waals surface area contributed by atoms with Crippen molar-refractivity contribution in [3.05, 3.63) is 64.1 Å². The van der Waals surface area contributed by atoms with Crippen LogP contribution in [0.3, 0.4) is 0 Å². The first-order valence-corrected chi connectivity index (χ1v) is 10.0. The standard InChI is InChI=1S/C21H24BrN3O2/c1-2-19(16-7-9-17(22)10-8-16)24-21(27)23-18-11-5-15(6-12-18)14-25-13-3-4-20(25)26/h5-12,19H,2-4,13-14H2,1H3,(H2,23,24,27). The molecule has 3 rings (SSSR count). The third kappa shape index (κ3) is 5.32. The highest BCUT2D eigenvalue weighted by Gasteiger charge is 2.20. The molecule has 0 bridgehead atoms. The molecule has 0 radical (unpaired) electrons. The van der Waals surface area contributed by atoms with Gasteiger partial charge in [0.05, 0.1) is 6.04 Å². The lowest BCUT2D eigenvalue weighted by atomic mass is 10.1. The highest BCUT2D eigenvalue weighted by atomic mass is 79.9. The third-order valence-corrected chi connectivity index (χ3v) is 5.27. The summed E-state index contributed by atoms with van der Waals surface area (Å²) < 4.78 is 1.02. The largest absolute Gasteiger partial charge is 0.338 e. The second kappa shape index (κ2) is 9.04. The molecule has 1 saturated heterocycles. The summed E-state index contributed by atoms with van der Waals surface area (Å²) in [6.45, 7) is 3.50. The van der Waals surface area contributed by atoms with Gasteiger partial charge in [0.25, 0.3) is 0 Å². The zero-order valence-corrected chi connectivity index (χ0v) is 17.0. The van der Waals surface area contributed by atoms with E-state index in [1.807, 2.05) is 60.4 Å². The van der Waals surface area contributed by atoms with Crippen LogP contribution in [0, 0.1) is 0 Å². The number of nitrogens with one attached hydrogen (secondary N) is 2. The van der Waals surface area contributed by atoms with E-state index in [0.29, 0.717) is 13.0 Å². The molecular formula is C21H24BrN3O2. The van der Waals surface area contributed by atoms with E-state index in [1.54, 1.807) is 0 Å². The quantitative estimate of drug-likeness (QED) is 0.689. The van der Waals surface area contributed by atoms with Crippen LogP contribution in [0.1, 0.15) is 43.4 Å². The fraction of sp³-hybridized carbons (Fsp3) is 0.333. The monoisotopic (exact) mass is 429 g/mol. The van der Waals surface area contributed by atoms with Gasteiger partial charge < -0.3 is 15.5 Å². The van der Waals surface area contributed by atoms with E-state index in [9.17, 15) is 9.59 Å². The number of halogens is 1. The number of hydrogen-bond acceptors (Lipinski definition) is 2. The SMILES string of the molecule is CCC(NC(=O)Nc1ccc(CN2CCCC2=O)cc1)c1ccc(Br)cc1. The molecule has 6 heteroatoms. The van der Waals surface area contributed by atoms with Crippen LogP contribution in [0.2, 0.25) is 0 Å². The molecule has 1 aliphatic heterocycles. The van der Waals surface area contributed by atoms with E-state index in [-0.39, 0.29) is 18.0 Å². The van der Waals surface area contributed by atoms with Gasteiger partial charge in [-0.05, 0) is 48.2 Å². The van der Waals surface area contributed by atoms with Crippen molar-refractivity contribution in [2.45, 2.75) is 38.8 Å². The van der Waals surface area contributed by atoms with Crippen LogP contribution in [-0.4, -0.2) is 23.4 Å². The Labute approximate surface area is 168 Å². The Morgan fingerprint density at radius 1 is 1.15 bits per heavy atom. The Hall–Kier alpha value is -2.34. The highest BCUT2D eigenvalue weighted by Crippen LogP contribution is 2.20. The fourth-order valence-corrected chi connectivity index (χ4v) is 3.49. The van der Waals surface area contributed by atoms with Gasteiger partial charge in [0.15, 0.2) is 0 Å². The molecule has 1 aliphatic rings. The fourth-order valence-electron chi connectivity index (χ4n) is 3.23. The van der Waals surface area contributed by atoms with Crippen molar-refractivity contribution in [2.24, 2.45) is 0 Å². The maximum absolute atomic E-state index is 12.3. The average molecular weight is 430 g/mol. The van der Waals surface area contributed by atoms with Gasteiger partial charge in [-0.2, -0.15) is 0 Å². The number of hydrogen-bond donors (Lipinski definition) is 2. The predicted octanol–water partition coefficient (Wildman–Crippen LogP) is 4.84. The lowest BCUT2D eigenvalue weighted by molar-refractivity contribution is -0.128. The van der Waals surface area contributed by atoms with Crippen molar-refractivity contribution < 1.29 is 9.59 Å². The first kappa shape index (κ1) is 19.4. The minimum atomic E-state index is -0.229. The number of anilines is 1. The number of carbonyl (C=O) groups excluding carboxylic acids is 2. The molecule has 1 fully saturated rings. The van der Waals surface area contributed by atoms with Crippen LogP contribution in [-0.2, 0) is 11.3 Å². The summed E-state index contributed by atoms with van der Waals surface area (Å²) in [5.74, 6) is 0.218. The summed E-state index contributed by atoms with van der Waals surface area (Å²) in [6, 6.07) is 15.3. The van der Waals surface area contributed by atoms with Crippen LogP contribution in [0.5, 0.6) is 0 Å². The minimum absolute atomic E-state index is 0.0430. The zero-order chi connectivity index (χ0) is 19.2. The predicted molar refractivity (Wildman–Crippen MR) is 110 cm³/mol. The molecule has 3 amide bonds. The van der Waals surface area contributed by atoms with Gasteiger partial charge >= 0.3 is 6.03 Å². The molecule has 0 spiro atoms. The average Bonchev–Trinajstić information content (AvgIpc) is 3.07. The second-order valence-corrected chi connectivity index (χ2v) is 7.64. The molecule has 142 valence electrons. The Morgan fingerprint density at radius 2 is 1.85 bits per heavy atom. The smallest absolute Gasteiger partial charge is 0.319 e. The van der Waals surface area contributed by atoms with Crippen molar-refractivity contribution in [2.75, 3.05) is 11.9 Å². The summed E-state index contributed by atoms with van der Waals surface area (Å²) in [4.78, 5) is 25.9. The molecule has 0 aromatic heterocycles. The molecule has 1 heterocycles. The van der Waals surface area contributed by atoms with Gasteiger partial charge in [0.2, 0.25) is 5.91 Å². The molecule has 27 heavy (non-hydrogen) atoms. The summed E-state index contributed by atoms with van der Waals surface area (Å²) in [5, 5.41) is 5.89. The minimum Gasteiger partial charge on any atom is -0.338 e. The molecule has 2 N–H and O–H groups in total. The third-order valence-electron chi connectivity index (χ3n) is 4.74. The van der Waals surface area contributed by atoms with Crippen LogP contribution in [0.25, 0.3) is 0 Å². The summed E-state index contributed by atoms with van der Waals surface area (Å²) in [5.41, 5.74) is 2.87. The van der Waals surface area contributed by atoms with Crippen molar-refractivity contribution in [3.63, 3.8) is 0 Å². The molecule has 0 aliphatic carbocycles. The number of amides is 3. The van der Waals surface area contributed by atoms with E-state index >= 15 is 0 Å². The molecule has 5 nitrogen and oxygen atoms in total. The number of benzene rings is 2. The Balaban J connectivity index is 1.55.